The van der Waals surface area contributed by atoms with E-state index < -0.39 is 0 Å². The summed E-state index contributed by atoms with van der Waals surface area (Å²) >= 11 is 0. The molecule has 1 fully saturated rings. The van der Waals surface area contributed by atoms with Crippen molar-refractivity contribution in [1.82, 2.24) is 9.97 Å². The van der Waals surface area contributed by atoms with Gasteiger partial charge in [0.05, 0.1) is 6.42 Å². The third-order valence-corrected chi connectivity index (χ3v) is 5.23. The van der Waals surface area contributed by atoms with E-state index in [1.165, 1.54) is 25.3 Å². The van der Waals surface area contributed by atoms with Crippen LogP contribution in [0.15, 0.2) is 54.6 Å². The molecular formula is C24H26FN5O. The molecule has 0 bridgehead atoms. The number of aromatic nitrogens is 2. The Balaban J connectivity index is 1.39. The normalized spacial score (nSPS) is 13.7. The summed E-state index contributed by atoms with van der Waals surface area (Å²) in [5, 5.41) is 6.12. The van der Waals surface area contributed by atoms with Gasteiger partial charge < -0.3 is 15.5 Å². The van der Waals surface area contributed by atoms with Crippen molar-refractivity contribution in [2.75, 3.05) is 28.6 Å². The number of hydrogen-bond acceptors (Lipinski definition) is 5. The fraction of sp³-hybridized carbons (Fsp3) is 0.292. The predicted octanol–water partition coefficient (Wildman–Crippen LogP) is 4.84. The van der Waals surface area contributed by atoms with Gasteiger partial charge in [-0.15, -0.1) is 0 Å². The van der Waals surface area contributed by atoms with E-state index in [1.54, 1.807) is 30.3 Å². The van der Waals surface area contributed by atoms with Crippen LogP contribution in [-0.2, 0) is 11.2 Å². The summed E-state index contributed by atoms with van der Waals surface area (Å²) in [7, 11) is 0. The Morgan fingerprint density at radius 3 is 2.45 bits per heavy atom. The lowest BCUT2D eigenvalue weighted by Crippen LogP contribution is -2.31. The van der Waals surface area contributed by atoms with Crippen LogP contribution in [0.25, 0.3) is 0 Å². The van der Waals surface area contributed by atoms with Gasteiger partial charge >= 0.3 is 0 Å². The fourth-order valence-electron chi connectivity index (χ4n) is 3.66. The highest BCUT2D eigenvalue weighted by atomic mass is 19.1. The van der Waals surface area contributed by atoms with Crippen LogP contribution in [0, 0.1) is 12.7 Å². The minimum Gasteiger partial charge on any atom is -0.341 e. The Morgan fingerprint density at radius 2 is 1.71 bits per heavy atom. The number of hydrogen-bond donors (Lipinski definition) is 2. The molecule has 0 unspecified atom stereocenters. The summed E-state index contributed by atoms with van der Waals surface area (Å²) in [5.41, 5.74) is 2.80. The molecule has 1 aliphatic heterocycles. The van der Waals surface area contributed by atoms with E-state index >= 15 is 0 Å². The molecule has 1 saturated heterocycles. The summed E-state index contributed by atoms with van der Waals surface area (Å²) in [6.45, 7) is 3.95. The van der Waals surface area contributed by atoms with Crippen LogP contribution >= 0.6 is 0 Å². The van der Waals surface area contributed by atoms with E-state index in [1.807, 2.05) is 25.1 Å². The topological polar surface area (TPSA) is 70.2 Å². The summed E-state index contributed by atoms with van der Waals surface area (Å²) < 4.78 is 13.7. The van der Waals surface area contributed by atoms with Crippen molar-refractivity contribution in [2.45, 2.75) is 32.6 Å². The fourth-order valence-corrected chi connectivity index (χ4v) is 3.66. The SMILES string of the molecule is Cc1cc(Nc2ccc(NC(=O)Cc3ccccc3F)cc2)nc(N2CCCCC2)n1. The first-order valence-corrected chi connectivity index (χ1v) is 10.6. The number of carbonyl (C=O) groups is 1. The van der Waals surface area contributed by atoms with Crippen molar-refractivity contribution in [3.05, 3.63) is 71.7 Å². The van der Waals surface area contributed by atoms with Gasteiger partial charge in [0.1, 0.15) is 11.6 Å². The molecule has 1 aromatic heterocycles. The van der Waals surface area contributed by atoms with Gasteiger partial charge in [0.15, 0.2) is 0 Å². The number of nitrogens with one attached hydrogen (secondary N) is 2. The Morgan fingerprint density at radius 1 is 1.00 bits per heavy atom. The molecule has 0 atom stereocenters. The molecule has 160 valence electrons. The first-order chi connectivity index (χ1) is 15.1. The highest BCUT2D eigenvalue weighted by Gasteiger charge is 2.15. The van der Waals surface area contributed by atoms with E-state index in [4.69, 9.17) is 0 Å². The van der Waals surface area contributed by atoms with Crippen molar-refractivity contribution >= 4 is 29.0 Å². The summed E-state index contributed by atoms with van der Waals surface area (Å²) in [4.78, 5) is 23.7. The monoisotopic (exact) mass is 419 g/mol. The van der Waals surface area contributed by atoms with E-state index in [0.29, 0.717) is 11.3 Å². The second-order valence-electron chi connectivity index (χ2n) is 7.76. The van der Waals surface area contributed by atoms with Gasteiger partial charge in [-0.05, 0) is 62.1 Å². The van der Waals surface area contributed by atoms with Crippen LogP contribution in [-0.4, -0.2) is 29.0 Å². The van der Waals surface area contributed by atoms with Crippen molar-refractivity contribution in [3.8, 4) is 0 Å². The van der Waals surface area contributed by atoms with Crippen molar-refractivity contribution in [3.63, 3.8) is 0 Å². The second kappa shape index (κ2) is 9.55. The molecule has 0 radical (unpaired) electrons. The smallest absolute Gasteiger partial charge is 0.228 e. The average Bonchev–Trinajstić information content (AvgIpc) is 2.77. The highest BCUT2D eigenvalue weighted by Crippen LogP contribution is 2.22. The molecule has 0 aliphatic carbocycles. The maximum atomic E-state index is 13.7. The van der Waals surface area contributed by atoms with E-state index in [0.717, 1.165) is 36.2 Å². The van der Waals surface area contributed by atoms with Gasteiger partial charge in [0, 0.05) is 36.2 Å². The minimum atomic E-state index is -0.374. The quantitative estimate of drug-likeness (QED) is 0.598. The molecule has 4 rings (SSSR count). The molecule has 2 aromatic carbocycles. The lowest BCUT2D eigenvalue weighted by Gasteiger charge is -2.27. The summed E-state index contributed by atoms with van der Waals surface area (Å²) in [6, 6.07) is 15.6. The minimum absolute atomic E-state index is 0.00777. The second-order valence-corrected chi connectivity index (χ2v) is 7.76. The Hall–Kier alpha value is -3.48. The summed E-state index contributed by atoms with van der Waals surface area (Å²) in [6.07, 6.45) is 3.59. The third kappa shape index (κ3) is 5.57. The number of carbonyl (C=O) groups excluding carboxylic acids is 1. The molecular weight excluding hydrogens is 393 g/mol. The predicted molar refractivity (Wildman–Crippen MR) is 121 cm³/mol. The largest absolute Gasteiger partial charge is 0.341 e. The number of nitrogens with zero attached hydrogens (tertiary/aromatic N) is 3. The molecule has 2 N–H and O–H groups in total. The molecule has 1 amide bonds. The van der Waals surface area contributed by atoms with Crippen molar-refractivity contribution < 1.29 is 9.18 Å². The first-order valence-electron chi connectivity index (χ1n) is 10.6. The van der Waals surface area contributed by atoms with Crippen LogP contribution in [0.2, 0.25) is 0 Å². The van der Waals surface area contributed by atoms with Crippen LogP contribution in [0.1, 0.15) is 30.5 Å². The van der Waals surface area contributed by atoms with Crippen LogP contribution in [0.4, 0.5) is 27.5 Å². The number of halogens is 1. The summed E-state index contributed by atoms with van der Waals surface area (Å²) in [5.74, 6) is 0.869. The molecule has 3 aromatic rings. The molecule has 31 heavy (non-hydrogen) atoms. The molecule has 1 aliphatic rings. The maximum Gasteiger partial charge on any atom is 0.228 e. The van der Waals surface area contributed by atoms with E-state index in [9.17, 15) is 9.18 Å². The zero-order valence-electron chi connectivity index (χ0n) is 17.6. The van der Waals surface area contributed by atoms with Crippen LogP contribution in [0.3, 0.4) is 0 Å². The third-order valence-electron chi connectivity index (χ3n) is 5.23. The Kier molecular flexibility index (Phi) is 6.40. The molecule has 6 nitrogen and oxygen atoms in total. The van der Waals surface area contributed by atoms with Gasteiger partial charge in [-0.25, -0.2) is 9.37 Å². The average molecular weight is 420 g/mol. The number of aryl methyl sites for hydroxylation is 1. The van der Waals surface area contributed by atoms with Gasteiger partial charge in [0.25, 0.3) is 0 Å². The maximum absolute atomic E-state index is 13.7. The molecule has 0 saturated carbocycles. The van der Waals surface area contributed by atoms with Crippen LogP contribution in [0.5, 0.6) is 0 Å². The van der Waals surface area contributed by atoms with E-state index in [-0.39, 0.29) is 18.1 Å². The van der Waals surface area contributed by atoms with Gasteiger partial charge in [-0.2, -0.15) is 4.98 Å². The van der Waals surface area contributed by atoms with Gasteiger partial charge in [-0.3, -0.25) is 4.79 Å². The Bertz CT molecular complexity index is 1050. The van der Waals surface area contributed by atoms with Crippen molar-refractivity contribution in [1.29, 1.82) is 0 Å². The van der Waals surface area contributed by atoms with Crippen LogP contribution < -0.4 is 15.5 Å². The number of rotatable bonds is 6. The zero-order chi connectivity index (χ0) is 21.6. The Labute approximate surface area is 181 Å². The van der Waals surface area contributed by atoms with E-state index in [2.05, 4.69) is 25.5 Å². The standard InChI is InChI=1S/C24H26FN5O/c1-17-15-22(29-24(26-17)30-13-5-2-6-14-30)27-19-9-11-20(12-10-19)28-23(31)16-18-7-3-4-8-21(18)25/h3-4,7-12,15H,2,5-6,13-14,16H2,1H3,(H,28,31)(H,26,27,29). The van der Waals surface area contributed by atoms with Gasteiger partial charge in [0.2, 0.25) is 11.9 Å². The molecule has 2 heterocycles. The molecule has 7 heteroatoms. The zero-order valence-corrected chi connectivity index (χ0v) is 17.6. The highest BCUT2D eigenvalue weighted by molar-refractivity contribution is 5.92. The number of benzene rings is 2. The molecule has 0 spiro atoms. The lowest BCUT2D eigenvalue weighted by molar-refractivity contribution is -0.115. The number of piperidine rings is 1. The number of amides is 1. The number of anilines is 4. The lowest BCUT2D eigenvalue weighted by atomic mass is 10.1. The first kappa shape index (κ1) is 20.8. The van der Waals surface area contributed by atoms with Crippen molar-refractivity contribution in [2.24, 2.45) is 0 Å². The van der Waals surface area contributed by atoms with Gasteiger partial charge in [-0.1, -0.05) is 18.2 Å².